The van der Waals surface area contributed by atoms with Crippen LogP contribution in [-0.2, 0) is 11.3 Å². The van der Waals surface area contributed by atoms with Crippen LogP contribution in [-0.4, -0.2) is 45.7 Å². The number of hydrogen-bond donors (Lipinski definition) is 2. The second-order valence-corrected chi connectivity index (χ2v) is 9.21. The molecule has 2 aromatic heterocycles. The van der Waals surface area contributed by atoms with Gasteiger partial charge in [0.05, 0.1) is 21.8 Å². The lowest BCUT2D eigenvalue weighted by molar-refractivity contribution is -0.115. The maximum atomic E-state index is 11.8. The third kappa shape index (κ3) is 5.20. The highest BCUT2D eigenvalue weighted by Crippen LogP contribution is 2.26. The Morgan fingerprint density at radius 3 is 2.76 bits per heavy atom. The number of carbonyl (C=O) groups excluding carboxylic acids is 2. The molecule has 9 heteroatoms. The number of anilines is 1. The number of pyridine rings is 1. The van der Waals surface area contributed by atoms with Crippen molar-refractivity contribution >= 4 is 45.8 Å². The van der Waals surface area contributed by atoms with Crippen molar-refractivity contribution < 1.29 is 9.59 Å². The first kappa shape index (κ1) is 21.5. The summed E-state index contributed by atoms with van der Waals surface area (Å²) in [5, 5.41) is 6.63. The van der Waals surface area contributed by atoms with Gasteiger partial charge >= 0.3 is 0 Å². The molecule has 0 unspecified atom stereocenters. The van der Waals surface area contributed by atoms with E-state index in [9.17, 15) is 9.59 Å². The number of benzene rings is 1. The highest BCUT2D eigenvalue weighted by Gasteiger charge is 2.25. The summed E-state index contributed by atoms with van der Waals surface area (Å²) in [5.74, 6) is 0.875. The molecule has 0 bridgehead atoms. The van der Waals surface area contributed by atoms with Crippen molar-refractivity contribution in [3.8, 4) is 0 Å². The smallest absolute Gasteiger partial charge is 0.290 e. The number of para-hydroxylation sites is 1. The average Bonchev–Trinajstić information content (AvgIpc) is 3.16. The van der Waals surface area contributed by atoms with Gasteiger partial charge in [0.25, 0.3) is 11.1 Å². The fourth-order valence-electron chi connectivity index (χ4n) is 4.10. The molecule has 2 amide bonds. The maximum Gasteiger partial charge on any atom is 0.290 e. The molecule has 0 spiro atoms. The zero-order valence-corrected chi connectivity index (χ0v) is 18.8. The monoisotopic (exact) mass is 460 g/mol. The van der Waals surface area contributed by atoms with Crippen LogP contribution in [0.25, 0.3) is 17.0 Å². The van der Waals surface area contributed by atoms with Gasteiger partial charge in [0.15, 0.2) is 0 Å². The number of nitrogens with zero attached hydrogens (tertiary/aromatic N) is 4. The van der Waals surface area contributed by atoms with Crippen LogP contribution in [0, 0.1) is 5.92 Å². The molecule has 0 aliphatic carbocycles. The van der Waals surface area contributed by atoms with E-state index in [0.29, 0.717) is 22.5 Å². The molecule has 168 valence electrons. The summed E-state index contributed by atoms with van der Waals surface area (Å²) in [5.41, 5.74) is 2.71. The lowest BCUT2D eigenvalue weighted by atomic mass is 9.97. The van der Waals surface area contributed by atoms with Gasteiger partial charge in [-0.25, -0.2) is 9.97 Å². The summed E-state index contributed by atoms with van der Waals surface area (Å²) in [6, 6.07) is 14.1. The molecule has 2 saturated heterocycles. The minimum Gasteiger partial charge on any atom is -0.341 e. The van der Waals surface area contributed by atoms with E-state index < -0.39 is 0 Å². The minimum atomic E-state index is -0.377. The fourth-order valence-corrected chi connectivity index (χ4v) is 4.77. The molecule has 4 heterocycles. The summed E-state index contributed by atoms with van der Waals surface area (Å²) in [4.78, 5) is 39.4. The number of rotatable bonds is 6. The Morgan fingerprint density at radius 2 is 1.94 bits per heavy atom. The predicted octanol–water partition coefficient (Wildman–Crippen LogP) is 3.35. The van der Waals surface area contributed by atoms with Gasteiger partial charge in [-0.1, -0.05) is 24.3 Å². The van der Waals surface area contributed by atoms with Gasteiger partial charge in [-0.15, -0.1) is 0 Å². The maximum absolute atomic E-state index is 11.8. The molecule has 0 saturated carbocycles. The highest BCUT2D eigenvalue weighted by atomic mass is 32.2. The van der Waals surface area contributed by atoms with Gasteiger partial charge in [0, 0.05) is 31.2 Å². The molecule has 1 aromatic carbocycles. The Morgan fingerprint density at radius 1 is 1.09 bits per heavy atom. The fraction of sp³-hybridized carbons (Fsp3) is 0.292. The van der Waals surface area contributed by atoms with E-state index in [1.165, 1.54) is 0 Å². The topological polar surface area (TPSA) is 100 Å². The van der Waals surface area contributed by atoms with Crippen LogP contribution in [0.4, 0.5) is 10.7 Å². The standard InChI is InChI=1S/C24H24N6O2S/c31-22-21(33-24(32)29-22)13-18-7-10-26-23(28-18)30-11-8-16(9-12-30)14-25-15-19-6-5-17-3-1-2-4-20(17)27-19/h1-7,10,13,16,25H,8-9,11-12,14-15H2,(H,29,31,32)/b21-13+. The van der Waals surface area contributed by atoms with E-state index in [1.807, 2.05) is 18.2 Å². The summed E-state index contributed by atoms with van der Waals surface area (Å²) in [7, 11) is 0. The Hall–Kier alpha value is -3.30. The third-order valence-electron chi connectivity index (χ3n) is 5.88. The minimum absolute atomic E-state index is 0.354. The summed E-state index contributed by atoms with van der Waals surface area (Å²) >= 11 is 0.893. The van der Waals surface area contributed by atoms with Crippen molar-refractivity contribution in [3.05, 3.63) is 65.0 Å². The van der Waals surface area contributed by atoms with E-state index in [-0.39, 0.29) is 11.1 Å². The van der Waals surface area contributed by atoms with Crippen LogP contribution >= 0.6 is 11.8 Å². The molecule has 2 N–H and O–H groups in total. The van der Waals surface area contributed by atoms with Gasteiger partial charge in [0.1, 0.15) is 0 Å². The van der Waals surface area contributed by atoms with Crippen molar-refractivity contribution in [2.45, 2.75) is 19.4 Å². The molecular formula is C24H24N6O2S. The zero-order chi connectivity index (χ0) is 22.6. The Kier molecular flexibility index (Phi) is 6.32. The van der Waals surface area contributed by atoms with Crippen LogP contribution in [0.3, 0.4) is 0 Å². The second kappa shape index (κ2) is 9.68. The molecule has 2 fully saturated rings. The molecule has 2 aliphatic heterocycles. The predicted molar refractivity (Wildman–Crippen MR) is 130 cm³/mol. The molecule has 0 atom stereocenters. The quantitative estimate of drug-likeness (QED) is 0.540. The van der Waals surface area contributed by atoms with Crippen molar-refractivity contribution in [1.29, 1.82) is 0 Å². The van der Waals surface area contributed by atoms with Crippen LogP contribution in [0.5, 0.6) is 0 Å². The first-order chi connectivity index (χ1) is 16.1. The van der Waals surface area contributed by atoms with E-state index in [0.717, 1.165) is 67.4 Å². The van der Waals surface area contributed by atoms with Crippen molar-refractivity contribution in [1.82, 2.24) is 25.6 Å². The summed E-state index contributed by atoms with van der Waals surface area (Å²) < 4.78 is 0. The number of amides is 2. The normalized spacial score (nSPS) is 18.3. The largest absolute Gasteiger partial charge is 0.341 e. The first-order valence-electron chi connectivity index (χ1n) is 11.0. The molecule has 33 heavy (non-hydrogen) atoms. The van der Waals surface area contributed by atoms with E-state index in [2.05, 4.69) is 43.7 Å². The van der Waals surface area contributed by atoms with Gasteiger partial charge in [-0.3, -0.25) is 19.9 Å². The number of aromatic nitrogens is 3. The number of nitrogens with one attached hydrogen (secondary N) is 2. The summed E-state index contributed by atoms with van der Waals surface area (Å²) in [6.07, 6.45) is 5.44. The zero-order valence-electron chi connectivity index (χ0n) is 18.0. The van der Waals surface area contributed by atoms with Gasteiger partial charge in [-0.2, -0.15) is 0 Å². The van der Waals surface area contributed by atoms with E-state index >= 15 is 0 Å². The molecule has 2 aliphatic rings. The van der Waals surface area contributed by atoms with Gasteiger partial charge in [0.2, 0.25) is 5.95 Å². The molecule has 8 nitrogen and oxygen atoms in total. The van der Waals surface area contributed by atoms with Crippen molar-refractivity contribution in [3.63, 3.8) is 0 Å². The number of piperidine rings is 1. The Bertz CT molecular complexity index is 1220. The number of fused-ring (bicyclic) bond motifs is 1. The van der Waals surface area contributed by atoms with Crippen LogP contribution in [0.15, 0.2) is 53.6 Å². The molecule has 5 rings (SSSR count). The SMILES string of the molecule is O=C1NC(=O)/C(=C\c2ccnc(N3CCC(CNCc4ccc5ccccc5n4)CC3)n2)S1. The lowest BCUT2D eigenvalue weighted by Gasteiger charge is -2.32. The number of carbonyl (C=O) groups is 2. The summed E-state index contributed by atoms with van der Waals surface area (Å²) in [6.45, 7) is 3.48. The number of thioether (sulfide) groups is 1. The molecule has 3 aromatic rings. The third-order valence-corrected chi connectivity index (χ3v) is 6.69. The first-order valence-corrected chi connectivity index (χ1v) is 11.8. The average molecular weight is 461 g/mol. The number of imide groups is 1. The van der Waals surface area contributed by atoms with Crippen molar-refractivity contribution in [2.24, 2.45) is 5.92 Å². The van der Waals surface area contributed by atoms with E-state index in [4.69, 9.17) is 4.98 Å². The Labute approximate surface area is 195 Å². The number of hydrogen-bond acceptors (Lipinski definition) is 8. The second-order valence-electron chi connectivity index (χ2n) is 8.19. The van der Waals surface area contributed by atoms with Gasteiger partial charge in [-0.05, 0) is 61.3 Å². The Balaban J connectivity index is 1.12. The lowest BCUT2D eigenvalue weighted by Crippen LogP contribution is -2.38. The molecular weight excluding hydrogens is 436 g/mol. The van der Waals surface area contributed by atoms with Crippen LogP contribution in [0.1, 0.15) is 24.2 Å². The van der Waals surface area contributed by atoms with E-state index in [1.54, 1.807) is 18.3 Å². The molecule has 0 radical (unpaired) electrons. The highest BCUT2D eigenvalue weighted by molar-refractivity contribution is 8.18. The van der Waals surface area contributed by atoms with Gasteiger partial charge < -0.3 is 10.2 Å². The van der Waals surface area contributed by atoms with Crippen LogP contribution < -0.4 is 15.5 Å². The van der Waals surface area contributed by atoms with Crippen molar-refractivity contribution in [2.75, 3.05) is 24.5 Å². The van der Waals surface area contributed by atoms with Crippen LogP contribution in [0.2, 0.25) is 0 Å².